The Morgan fingerprint density at radius 2 is 1.62 bits per heavy atom. The van der Waals surface area contributed by atoms with Gasteiger partial charge in [0.2, 0.25) is 17.4 Å². The minimum Gasteiger partial charge on any atom is -0.465 e. The van der Waals surface area contributed by atoms with Crippen LogP contribution < -0.4 is 22.1 Å². The number of amides is 1. The lowest BCUT2D eigenvalue weighted by atomic mass is 9.78. The van der Waals surface area contributed by atoms with Crippen LogP contribution in [0.25, 0.3) is 0 Å². The van der Waals surface area contributed by atoms with Gasteiger partial charge in [0.25, 0.3) is 0 Å². The van der Waals surface area contributed by atoms with Gasteiger partial charge in [-0.2, -0.15) is 0 Å². The van der Waals surface area contributed by atoms with E-state index in [1.54, 1.807) is 4.90 Å². The molecule has 58 heavy (non-hydrogen) atoms. The lowest BCUT2D eigenvalue weighted by Crippen LogP contribution is -2.79. The van der Waals surface area contributed by atoms with Crippen LogP contribution in [0.4, 0.5) is 0 Å². The Kier molecular flexibility index (Phi) is 18.6. The molecule has 0 radical (unpaired) electrons. The largest absolute Gasteiger partial charge is 0.465 e. The van der Waals surface area contributed by atoms with E-state index < -0.39 is 29.2 Å². The van der Waals surface area contributed by atoms with Gasteiger partial charge >= 0.3 is 11.9 Å². The molecular weight excluding hydrogens is 737 g/mol. The first-order chi connectivity index (χ1) is 28.1. The second kappa shape index (κ2) is 23.1. The summed E-state index contributed by atoms with van der Waals surface area (Å²) in [5, 5.41) is 30.1. The first-order valence-corrected chi connectivity index (χ1v) is 23.6. The third-order valence-corrected chi connectivity index (χ3v) is 13.4. The van der Waals surface area contributed by atoms with E-state index in [1.807, 2.05) is 4.58 Å². The Balaban J connectivity index is 0.963. The van der Waals surface area contributed by atoms with Gasteiger partial charge in [0.1, 0.15) is 0 Å². The zero-order valence-electron chi connectivity index (χ0n) is 36.2. The van der Waals surface area contributed by atoms with Crippen LogP contribution in [0.1, 0.15) is 174 Å². The van der Waals surface area contributed by atoms with E-state index in [-0.39, 0.29) is 30.1 Å². The normalized spacial score (nSPS) is 30.8. The number of hydrogen-bond donors (Lipinski definition) is 6. The number of nitrogens with one attached hydrogen (secondary N) is 2. The SMILES string of the molecule is CC[C@H]1C=CCC[C@]2(C[C@H]3CC[C@]4(O)[C@H](C(=O)OCCCCCCCCCCCCCCCC(=O)N(CCCN)C[C@@H](O)CCN)[C@@]5(CCC[C@@H](C)O5)NC(=[N+]34)N2)O1. The Morgan fingerprint density at radius 3 is 2.28 bits per heavy atom. The molecule has 1 amide bonds. The van der Waals surface area contributed by atoms with Crippen molar-refractivity contribution in [1.82, 2.24) is 15.5 Å². The number of carbonyl (C=O) groups excluding carboxylic acids is 2. The maximum atomic E-state index is 14.1. The van der Waals surface area contributed by atoms with Gasteiger partial charge in [0, 0.05) is 45.2 Å². The molecule has 13 nitrogen and oxygen atoms in total. The fraction of sp³-hybridized carbons (Fsp3) is 0.889. The molecule has 0 aromatic carbocycles. The molecule has 8 N–H and O–H groups in total. The molecule has 0 saturated carbocycles. The van der Waals surface area contributed by atoms with Crippen molar-refractivity contribution in [3.8, 4) is 0 Å². The molecular formula is C45H81N6O7+. The van der Waals surface area contributed by atoms with E-state index in [4.69, 9.17) is 25.7 Å². The quantitative estimate of drug-likeness (QED) is 0.0299. The van der Waals surface area contributed by atoms with E-state index in [0.29, 0.717) is 58.5 Å². The maximum Gasteiger partial charge on any atom is 0.353 e. The molecule has 5 heterocycles. The van der Waals surface area contributed by atoms with E-state index in [0.717, 1.165) is 95.9 Å². The highest BCUT2D eigenvalue weighted by Gasteiger charge is 2.71. The summed E-state index contributed by atoms with van der Waals surface area (Å²) in [7, 11) is 0. The summed E-state index contributed by atoms with van der Waals surface area (Å²) in [6.45, 7) is 6.46. The number of ether oxygens (including phenoxy) is 3. The summed E-state index contributed by atoms with van der Waals surface area (Å²) in [5.41, 5.74) is 8.22. The highest BCUT2D eigenvalue weighted by Crippen LogP contribution is 2.50. The summed E-state index contributed by atoms with van der Waals surface area (Å²) in [4.78, 5) is 28.6. The van der Waals surface area contributed by atoms with Crippen LogP contribution in [-0.4, -0.2) is 112 Å². The predicted octanol–water partition coefficient (Wildman–Crippen LogP) is 5.44. The van der Waals surface area contributed by atoms with Crippen LogP contribution in [0.5, 0.6) is 0 Å². The van der Waals surface area contributed by atoms with Crippen molar-refractivity contribution >= 4 is 17.8 Å². The molecule has 5 aliphatic rings. The summed E-state index contributed by atoms with van der Waals surface area (Å²) >= 11 is 0. The number of rotatable bonds is 25. The molecule has 2 spiro atoms. The van der Waals surface area contributed by atoms with Crippen molar-refractivity contribution in [1.29, 1.82) is 0 Å². The summed E-state index contributed by atoms with van der Waals surface area (Å²) in [6.07, 6.45) is 27.4. The van der Waals surface area contributed by atoms with Gasteiger partial charge in [-0.25, -0.2) is 15.2 Å². The maximum absolute atomic E-state index is 14.1. The topological polar surface area (TPSA) is 185 Å². The standard InChI is InChI=1S/C45H80N6O7/c1-3-38-22-16-17-26-43(58-38)33-36-24-28-45(55)40(44(27-19-21-35(2)57-44)49-42(48-43)51(36)45)41(54)56-32-18-14-12-10-8-6-4-5-7-9-11-13-15-23-39(53)50(31-20-29-46)34-37(52)25-30-47/h16,22,35-38,40,52,55H,3-15,17-21,23-34,46-47H2,1-2H3,(H,48,49)/p+1/t35-,36-,37+,38+,40-,43-,44+,45+/m1/s1. The summed E-state index contributed by atoms with van der Waals surface area (Å²) in [6, 6.07) is 0.0462. The molecule has 0 aromatic rings. The van der Waals surface area contributed by atoms with Crippen LogP contribution in [0.2, 0.25) is 0 Å². The highest BCUT2D eigenvalue weighted by atomic mass is 16.6. The molecule has 13 heteroatoms. The van der Waals surface area contributed by atoms with Crippen molar-refractivity contribution in [2.75, 3.05) is 32.8 Å². The lowest BCUT2D eigenvalue weighted by Gasteiger charge is -2.52. The Morgan fingerprint density at radius 1 is 0.931 bits per heavy atom. The fourth-order valence-corrected chi connectivity index (χ4v) is 10.3. The minimum atomic E-state index is -1.40. The van der Waals surface area contributed by atoms with Crippen molar-refractivity contribution in [3.05, 3.63) is 12.2 Å². The first kappa shape index (κ1) is 46.8. The van der Waals surface area contributed by atoms with Gasteiger partial charge in [-0.15, -0.1) is 0 Å². The number of carbonyl (C=O) groups is 2. The molecule has 332 valence electrons. The average Bonchev–Trinajstić information content (AvgIpc) is 3.40. The number of hydrogen-bond acceptors (Lipinski definition) is 11. The number of allylic oxidation sites excluding steroid dienone is 1. The molecule has 0 aromatic heterocycles. The summed E-state index contributed by atoms with van der Waals surface area (Å²) < 4.78 is 21.5. The molecule has 2 fully saturated rings. The second-order valence-electron chi connectivity index (χ2n) is 18.1. The minimum absolute atomic E-state index is 0.0389. The van der Waals surface area contributed by atoms with Gasteiger partial charge in [-0.05, 0) is 77.8 Å². The van der Waals surface area contributed by atoms with Gasteiger partial charge in [-0.3, -0.25) is 9.59 Å². The number of esters is 1. The van der Waals surface area contributed by atoms with Gasteiger partial charge in [0.15, 0.2) is 11.6 Å². The molecule has 2 saturated heterocycles. The van der Waals surface area contributed by atoms with Crippen molar-refractivity contribution < 1.29 is 38.6 Å². The molecule has 8 atom stereocenters. The molecule has 5 rings (SSSR count). The molecule has 0 unspecified atom stereocenters. The number of unbranched alkanes of at least 4 members (excludes halogenated alkanes) is 12. The predicted molar refractivity (Wildman–Crippen MR) is 227 cm³/mol. The zero-order chi connectivity index (χ0) is 41.4. The average molecular weight is 818 g/mol. The van der Waals surface area contributed by atoms with Crippen LogP contribution in [-0.2, 0) is 23.8 Å². The van der Waals surface area contributed by atoms with Crippen molar-refractivity contribution in [2.45, 2.75) is 216 Å². The number of nitrogens with two attached hydrogens (primary N) is 2. The van der Waals surface area contributed by atoms with E-state index in [2.05, 4.69) is 36.6 Å². The summed E-state index contributed by atoms with van der Waals surface area (Å²) in [5.74, 6) is -0.378. The Labute approximate surface area is 349 Å². The van der Waals surface area contributed by atoms with Crippen LogP contribution >= 0.6 is 0 Å². The third kappa shape index (κ3) is 12.4. The smallest absolute Gasteiger partial charge is 0.353 e. The Bertz CT molecular complexity index is 1350. The molecule has 0 bridgehead atoms. The van der Waals surface area contributed by atoms with Crippen LogP contribution in [0.3, 0.4) is 0 Å². The van der Waals surface area contributed by atoms with Gasteiger partial charge in [-0.1, -0.05) is 89.7 Å². The lowest BCUT2D eigenvalue weighted by molar-refractivity contribution is -0.690. The van der Waals surface area contributed by atoms with Crippen molar-refractivity contribution in [2.24, 2.45) is 17.4 Å². The van der Waals surface area contributed by atoms with E-state index in [1.165, 1.54) is 44.9 Å². The molecule has 5 aliphatic heterocycles. The third-order valence-electron chi connectivity index (χ3n) is 13.4. The number of aliphatic hydroxyl groups is 2. The van der Waals surface area contributed by atoms with E-state index >= 15 is 0 Å². The van der Waals surface area contributed by atoms with Gasteiger partial charge < -0.3 is 40.8 Å². The fourth-order valence-electron chi connectivity index (χ4n) is 10.3. The highest BCUT2D eigenvalue weighted by molar-refractivity contribution is 5.82. The Hall–Kier alpha value is -2.29. The van der Waals surface area contributed by atoms with Gasteiger partial charge in [0.05, 0.1) is 31.0 Å². The number of guanidine groups is 1. The van der Waals surface area contributed by atoms with Crippen molar-refractivity contribution in [3.63, 3.8) is 0 Å². The number of aliphatic hydroxyl groups excluding tert-OH is 1. The van der Waals surface area contributed by atoms with Crippen LogP contribution in [0, 0.1) is 5.92 Å². The molecule has 0 aliphatic carbocycles. The first-order valence-electron chi connectivity index (χ1n) is 23.6. The zero-order valence-corrected chi connectivity index (χ0v) is 36.2. The van der Waals surface area contributed by atoms with E-state index in [9.17, 15) is 19.8 Å². The number of nitrogens with zero attached hydrogens (tertiary/aromatic N) is 2. The second-order valence-corrected chi connectivity index (χ2v) is 18.1. The van der Waals surface area contributed by atoms with Crippen LogP contribution in [0.15, 0.2) is 12.2 Å². The monoisotopic (exact) mass is 818 g/mol.